The smallest absolute Gasteiger partial charge is 0.226 e. The number of nitrogens with zero attached hydrogens (tertiary/aromatic N) is 5. The first-order chi connectivity index (χ1) is 10.3. The predicted molar refractivity (Wildman–Crippen MR) is 79.6 cm³/mol. The van der Waals surface area contributed by atoms with E-state index in [9.17, 15) is 0 Å². The average molecular weight is 283 g/mol. The monoisotopic (exact) mass is 283 g/mol. The number of aromatic nitrogens is 6. The van der Waals surface area contributed by atoms with Crippen molar-refractivity contribution in [2.24, 2.45) is 0 Å². The summed E-state index contributed by atoms with van der Waals surface area (Å²) >= 11 is 0. The van der Waals surface area contributed by atoms with E-state index >= 15 is 0 Å². The van der Waals surface area contributed by atoms with Crippen molar-refractivity contribution in [1.82, 2.24) is 29.7 Å². The molecular weight excluding hydrogens is 266 g/mol. The molecule has 7 nitrogen and oxygen atoms in total. The molecule has 4 rings (SSSR count). The molecule has 0 spiro atoms. The van der Waals surface area contributed by atoms with Gasteiger partial charge in [-0.3, -0.25) is 0 Å². The minimum absolute atomic E-state index is 0.593. The minimum Gasteiger partial charge on any atom is -0.354 e. The van der Waals surface area contributed by atoms with Gasteiger partial charge in [-0.1, -0.05) is 6.92 Å². The summed E-state index contributed by atoms with van der Waals surface area (Å²) in [6, 6.07) is 2.07. The van der Waals surface area contributed by atoms with E-state index in [0.717, 1.165) is 30.0 Å². The second kappa shape index (κ2) is 4.83. The summed E-state index contributed by atoms with van der Waals surface area (Å²) in [5.41, 5.74) is 2.61. The van der Waals surface area contributed by atoms with Crippen LogP contribution in [0.4, 0.5) is 5.95 Å². The normalized spacial score (nSPS) is 14.7. The van der Waals surface area contributed by atoms with E-state index in [4.69, 9.17) is 0 Å². The summed E-state index contributed by atoms with van der Waals surface area (Å²) in [5, 5.41) is 7.86. The Balaban J connectivity index is 1.78. The maximum Gasteiger partial charge on any atom is 0.226 e. The highest BCUT2D eigenvalue weighted by Crippen LogP contribution is 2.39. The minimum atomic E-state index is 0.593. The number of H-pyrrole nitrogens is 1. The topological polar surface area (TPSA) is 84.3 Å². The fraction of sp³-hybridized carbons (Fsp3) is 0.429. The summed E-state index contributed by atoms with van der Waals surface area (Å²) in [6.45, 7) is 2.94. The van der Waals surface area contributed by atoms with Crippen LogP contribution in [0.2, 0.25) is 0 Å². The van der Waals surface area contributed by atoms with Gasteiger partial charge in [0.1, 0.15) is 5.52 Å². The zero-order valence-electron chi connectivity index (χ0n) is 11.9. The van der Waals surface area contributed by atoms with Crippen LogP contribution in [0.3, 0.4) is 0 Å². The van der Waals surface area contributed by atoms with Gasteiger partial charge in [-0.15, -0.1) is 0 Å². The fourth-order valence-electron chi connectivity index (χ4n) is 2.35. The van der Waals surface area contributed by atoms with Crippen LogP contribution in [-0.4, -0.2) is 36.3 Å². The molecule has 0 unspecified atom stereocenters. The van der Waals surface area contributed by atoms with Crippen LogP contribution in [0.1, 0.15) is 37.8 Å². The number of aromatic amines is 1. The van der Waals surface area contributed by atoms with Crippen molar-refractivity contribution in [1.29, 1.82) is 0 Å². The summed E-state index contributed by atoms with van der Waals surface area (Å²) < 4.78 is 1.81. The molecule has 1 fully saturated rings. The van der Waals surface area contributed by atoms with Crippen molar-refractivity contribution >= 4 is 17.1 Å². The van der Waals surface area contributed by atoms with Gasteiger partial charge in [0.05, 0.1) is 12.0 Å². The van der Waals surface area contributed by atoms with Crippen molar-refractivity contribution in [3.63, 3.8) is 0 Å². The van der Waals surface area contributed by atoms with Crippen LogP contribution < -0.4 is 5.32 Å². The zero-order valence-corrected chi connectivity index (χ0v) is 11.9. The lowest BCUT2D eigenvalue weighted by Crippen LogP contribution is -2.08. The largest absolute Gasteiger partial charge is 0.354 e. The molecule has 1 saturated carbocycles. The van der Waals surface area contributed by atoms with Gasteiger partial charge >= 0.3 is 0 Å². The van der Waals surface area contributed by atoms with Crippen molar-refractivity contribution in [2.45, 2.75) is 32.1 Å². The third kappa shape index (κ3) is 2.24. The fourth-order valence-corrected chi connectivity index (χ4v) is 2.35. The van der Waals surface area contributed by atoms with E-state index < -0.39 is 0 Å². The van der Waals surface area contributed by atoms with Gasteiger partial charge in [0.25, 0.3) is 0 Å². The Morgan fingerprint density at radius 2 is 2.29 bits per heavy atom. The van der Waals surface area contributed by atoms with Gasteiger partial charge in [-0.25, -0.2) is 9.67 Å². The molecule has 3 heterocycles. The van der Waals surface area contributed by atoms with E-state index in [1.165, 1.54) is 12.8 Å². The first-order valence-corrected chi connectivity index (χ1v) is 7.36. The molecule has 0 saturated heterocycles. The van der Waals surface area contributed by atoms with Crippen LogP contribution >= 0.6 is 0 Å². The summed E-state index contributed by atoms with van der Waals surface area (Å²) in [5.74, 6) is 1.96. The Kier molecular flexibility index (Phi) is 2.83. The first-order valence-electron chi connectivity index (χ1n) is 7.36. The number of imidazole rings is 1. The number of nitrogens with one attached hydrogen (secondary N) is 2. The second-order valence-electron chi connectivity index (χ2n) is 5.36. The van der Waals surface area contributed by atoms with Gasteiger partial charge in [0, 0.05) is 18.7 Å². The average Bonchev–Trinajstić information content (AvgIpc) is 3.05. The summed E-state index contributed by atoms with van der Waals surface area (Å²) in [7, 11) is 0. The Morgan fingerprint density at radius 3 is 3.10 bits per heavy atom. The highest BCUT2D eigenvalue weighted by Gasteiger charge is 2.26. The molecule has 1 aliphatic rings. The molecule has 0 aromatic carbocycles. The predicted octanol–water partition coefficient (Wildman–Crippen LogP) is 2.24. The standard InChI is InChI=1S/C14H17N7/c1-2-6-15-14-18-12-11(16-8-17-12)13(19-14)21-7-5-10(20-21)9-3-4-9/h5,7-9H,2-4,6H2,1H3,(H2,15,16,17,18,19). The molecule has 3 aromatic rings. The third-order valence-electron chi connectivity index (χ3n) is 3.62. The molecule has 108 valence electrons. The molecule has 3 aromatic heterocycles. The van der Waals surface area contributed by atoms with E-state index in [2.05, 4.69) is 43.3 Å². The van der Waals surface area contributed by atoms with Gasteiger partial charge in [0.2, 0.25) is 5.95 Å². The molecule has 0 radical (unpaired) electrons. The number of hydrogen-bond donors (Lipinski definition) is 2. The Morgan fingerprint density at radius 1 is 1.38 bits per heavy atom. The van der Waals surface area contributed by atoms with Gasteiger partial charge in [-0.05, 0) is 25.3 Å². The molecule has 0 bridgehead atoms. The Hall–Kier alpha value is -2.44. The van der Waals surface area contributed by atoms with E-state index in [1.54, 1.807) is 6.33 Å². The van der Waals surface area contributed by atoms with Gasteiger partial charge < -0.3 is 10.3 Å². The zero-order chi connectivity index (χ0) is 14.2. The molecule has 7 heteroatoms. The van der Waals surface area contributed by atoms with Crippen molar-refractivity contribution in [2.75, 3.05) is 11.9 Å². The van der Waals surface area contributed by atoms with Crippen molar-refractivity contribution < 1.29 is 0 Å². The highest BCUT2D eigenvalue weighted by molar-refractivity contribution is 5.79. The van der Waals surface area contributed by atoms with Crippen LogP contribution in [-0.2, 0) is 0 Å². The number of rotatable bonds is 5. The van der Waals surface area contributed by atoms with E-state index in [1.807, 2.05) is 10.9 Å². The van der Waals surface area contributed by atoms with Crippen LogP contribution in [0.5, 0.6) is 0 Å². The Labute approximate surface area is 121 Å². The van der Waals surface area contributed by atoms with Crippen molar-refractivity contribution in [3.8, 4) is 5.82 Å². The maximum atomic E-state index is 4.64. The Bertz CT molecular complexity index is 769. The summed E-state index contributed by atoms with van der Waals surface area (Å²) in [4.78, 5) is 16.3. The second-order valence-corrected chi connectivity index (χ2v) is 5.36. The lowest BCUT2D eigenvalue weighted by molar-refractivity contribution is 0.813. The molecule has 1 aliphatic carbocycles. The van der Waals surface area contributed by atoms with Crippen LogP contribution in [0.15, 0.2) is 18.6 Å². The molecule has 2 N–H and O–H groups in total. The van der Waals surface area contributed by atoms with Crippen molar-refractivity contribution in [3.05, 3.63) is 24.3 Å². The molecule has 0 atom stereocenters. The van der Waals surface area contributed by atoms with Crippen LogP contribution in [0, 0.1) is 0 Å². The van der Waals surface area contributed by atoms with Gasteiger partial charge in [-0.2, -0.15) is 15.1 Å². The molecule has 0 aliphatic heterocycles. The van der Waals surface area contributed by atoms with Crippen LogP contribution in [0.25, 0.3) is 17.0 Å². The molecular formula is C14H17N7. The van der Waals surface area contributed by atoms with E-state index in [-0.39, 0.29) is 0 Å². The third-order valence-corrected chi connectivity index (χ3v) is 3.62. The number of hydrogen-bond acceptors (Lipinski definition) is 5. The number of fused-ring (bicyclic) bond motifs is 1. The van der Waals surface area contributed by atoms with Gasteiger partial charge in [0.15, 0.2) is 11.5 Å². The quantitative estimate of drug-likeness (QED) is 0.750. The highest BCUT2D eigenvalue weighted by atomic mass is 15.3. The number of anilines is 1. The maximum absolute atomic E-state index is 4.64. The lowest BCUT2D eigenvalue weighted by atomic mass is 10.3. The van der Waals surface area contributed by atoms with E-state index in [0.29, 0.717) is 17.5 Å². The molecule has 21 heavy (non-hydrogen) atoms. The summed E-state index contributed by atoms with van der Waals surface area (Å²) in [6.07, 6.45) is 7.09. The SMILES string of the molecule is CCCNc1nc(-n2ccc(C3CC3)n2)c2[nH]cnc2n1. The first kappa shape index (κ1) is 12.3. The lowest BCUT2D eigenvalue weighted by Gasteiger charge is -2.06. The molecule has 0 amide bonds.